The van der Waals surface area contributed by atoms with Crippen molar-refractivity contribution in [3.8, 4) is 5.75 Å². The molecule has 154 valence electrons. The fourth-order valence-electron chi connectivity index (χ4n) is 2.51. The summed E-state index contributed by atoms with van der Waals surface area (Å²) in [5, 5.41) is 41.3. The van der Waals surface area contributed by atoms with Crippen LogP contribution in [-0.4, -0.2) is 69.5 Å². The summed E-state index contributed by atoms with van der Waals surface area (Å²) in [6.45, 7) is 1.82. The van der Waals surface area contributed by atoms with E-state index < -0.39 is 36.7 Å². The number of hydrogen-bond donors (Lipinski definition) is 5. The van der Waals surface area contributed by atoms with E-state index in [1.807, 2.05) is 0 Å². The van der Waals surface area contributed by atoms with Crippen molar-refractivity contribution in [2.45, 2.75) is 50.7 Å². The Morgan fingerprint density at radius 1 is 1.21 bits per heavy atom. The van der Waals surface area contributed by atoms with Crippen LogP contribution in [0.3, 0.4) is 0 Å². The maximum atomic E-state index is 11.8. The molecule has 0 aliphatic carbocycles. The molecule has 11 nitrogen and oxygen atoms in total. The highest BCUT2D eigenvalue weighted by Crippen LogP contribution is 2.31. The number of carbonyl (C=O) groups is 3. The van der Waals surface area contributed by atoms with Gasteiger partial charge in [-0.25, -0.2) is 4.79 Å². The first-order valence-corrected chi connectivity index (χ1v) is 8.35. The van der Waals surface area contributed by atoms with E-state index in [0.29, 0.717) is 5.56 Å². The Bertz CT molecular complexity index is 724. The number of amides is 1. The van der Waals surface area contributed by atoms with Crippen LogP contribution in [0.2, 0.25) is 0 Å². The normalized spacial score (nSPS) is 26.9. The van der Waals surface area contributed by atoms with E-state index in [1.54, 1.807) is 6.92 Å². The van der Waals surface area contributed by atoms with Crippen LogP contribution in [0.15, 0.2) is 18.2 Å². The summed E-state index contributed by atoms with van der Waals surface area (Å²) < 4.78 is 15.2. The second kappa shape index (κ2) is 9.46. The lowest BCUT2D eigenvalue weighted by Gasteiger charge is -2.38. The van der Waals surface area contributed by atoms with E-state index in [1.165, 1.54) is 18.2 Å². The minimum atomic E-state index is -1.85. The third-order valence-electron chi connectivity index (χ3n) is 4.01. The first-order valence-electron chi connectivity index (χ1n) is 8.35. The van der Waals surface area contributed by atoms with Crippen LogP contribution in [0.5, 0.6) is 5.75 Å². The summed E-state index contributed by atoms with van der Waals surface area (Å²) in [5.41, 5.74) is 0.678. The molecule has 0 saturated carbocycles. The van der Waals surface area contributed by atoms with Crippen LogP contribution in [0.4, 0.5) is 5.69 Å². The van der Waals surface area contributed by atoms with Crippen LogP contribution < -0.4 is 10.1 Å². The summed E-state index contributed by atoms with van der Waals surface area (Å²) in [6.07, 6.45) is -8.73. The average molecular weight is 399 g/mol. The van der Waals surface area contributed by atoms with Gasteiger partial charge in [0.05, 0.1) is 5.69 Å². The molecule has 0 aromatic heterocycles. The molecule has 0 radical (unpaired) electrons. The quantitative estimate of drug-likeness (QED) is 0.341. The van der Waals surface area contributed by atoms with Gasteiger partial charge in [-0.3, -0.25) is 9.59 Å². The molecule has 5 atom stereocenters. The summed E-state index contributed by atoms with van der Waals surface area (Å²) >= 11 is 0. The maximum absolute atomic E-state index is 11.8. The van der Waals surface area contributed by atoms with Gasteiger partial charge in [-0.1, -0.05) is 13.0 Å². The average Bonchev–Trinajstić information content (AvgIpc) is 2.67. The number of aliphatic hydroxyl groups excluding tert-OH is 3. The number of nitrogens with one attached hydrogen (secondary N) is 1. The van der Waals surface area contributed by atoms with Crippen LogP contribution in [0.1, 0.15) is 18.9 Å². The van der Waals surface area contributed by atoms with Crippen LogP contribution in [0, 0.1) is 0 Å². The molecule has 11 heteroatoms. The van der Waals surface area contributed by atoms with Crippen LogP contribution in [0.25, 0.3) is 0 Å². The molecular formula is C17H21NO10. The zero-order valence-electron chi connectivity index (χ0n) is 14.8. The molecule has 1 aromatic rings. The molecule has 1 aromatic carbocycles. The maximum Gasteiger partial charge on any atom is 0.335 e. The molecule has 1 aliphatic heterocycles. The Labute approximate surface area is 159 Å². The number of aliphatic hydroxyl groups is 3. The van der Waals surface area contributed by atoms with E-state index in [9.17, 15) is 29.7 Å². The van der Waals surface area contributed by atoms with Gasteiger partial charge in [-0.05, 0) is 17.7 Å². The van der Waals surface area contributed by atoms with Crippen LogP contribution in [-0.2, 0) is 30.5 Å². The number of hydrogen-bond acceptors (Lipinski definition) is 9. The Morgan fingerprint density at radius 3 is 2.54 bits per heavy atom. The third-order valence-corrected chi connectivity index (χ3v) is 4.01. The van der Waals surface area contributed by atoms with Gasteiger partial charge in [0.25, 0.3) is 6.47 Å². The highest BCUT2D eigenvalue weighted by Gasteiger charge is 2.48. The second-order valence-corrected chi connectivity index (χ2v) is 5.99. The van der Waals surface area contributed by atoms with Gasteiger partial charge in [0.1, 0.15) is 30.7 Å². The Kier molecular flexibility index (Phi) is 7.29. The first kappa shape index (κ1) is 21.6. The predicted molar refractivity (Wildman–Crippen MR) is 91.2 cm³/mol. The Balaban J connectivity index is 2.28. The van der Waals surface area contributed by atoms with Crippen molar-refractivity contribution < 1.29 is 49.0 Å². The third kappa shape index (κ3) is 4.95. The minimum absolute atomic E-state index is 0.00781. The first-order chi connectivity index (χ1) is 13.3. The van der Waals surface area contributed by atoms with Gasteiger partial charge < -0.3 is 40.0 Å². The number of rotatable bonds is 8. The van der Waals surface area contributed by atoms with E-state index >= 15 is 0 Å². The molecule has 0 spiro atoms. The molecule has 28 heavy (non-hydrogen) atoms. The van der Waals surface area contributed by atoms with E-state index in [0.717, 1.165) is 0 Å². The number of anilines is 1. The Morgan fingerprint density at radius 2 is 1.93 bits per heavy atom. The van der Waals surface area contributed by atoms with Gasteiger partial charge in [-0.15, -0.1) is 0 Å². The molecule has 2 rings (SSSR count). The highest BCUT2D eigenvalue weighted by atomic mass is 16.7. The number of carbonyl (C=O) groups excluding carboxylic acids is 2. The van der Waals surface area contributed by atoms with Gasteiger partial charge in [0, 0.05) is 6.42 Å². The Hall–Kier alpha value is -2.73. The number of benzene rings is 1. The lowest BCUT2D eigenvalue weighted by atomic mass is 9.99. The van der Waals surface area contributed by atoms with E-state index in [4.69, 9.17) is 14.6 Å². The molecule has 1 saturated heterocycles. The number of ether oxygens (including phenoxy) is 3. The van der Waals surface area contributed by atoms with Crippen molar-refractivity contribution in [2.75, 3.05) is 5.32 Å². The highest BCUT2D eigenvalue weighted by molar-refractivity contribution is 5.92. The van der Waals surface area contributed by atoms with E-state index in [-0.39, 0.29) is 36.8 Å². The molecule has 5 N–H and O–H groups in total. The summed E-state index contributed by atoms with van der Waals surface area (Å²) in [6, 6.07) is 4.36. The topological polar surface area (TPSA) is 172 Å². The smallest absolute Gasteiger partial charge is 0.335 e. The van der Waals surface area contributed by atoms with Crippen molar-refractivity contribution in [3.05, 3.63) is 23.8 Å². The summed E-state index contributed by atoms with van der Waals surface area (Å²) in [5.74, 6) is -1.90. The number of carboxylic acid groups (broad SMARTS) is 1. The summed E-state index contributed by atoms with van der Waals surface area (Å²) in [4.78, 5) is 33.3. The molecule has 1 fully saturated rings. The standard InChI is InChI=1S/C17H21NO10/c1-2-11(20)18-9-5-8(6-26-7-19)3-4-10(9)27-17-14(23)12(21)13(22)15(28-17)16(24)25/h3-5,7,12-15,17,21-23H,2,6H2,1H3,(H,18,20)(H,24,25)/t12-,13-,14?,15?,17+/m0/s1. The molecule has 1 heterocycles. The van der Waals surface area contributed by atoms with Gasteiger partial charge in [0.2, 0.25) is 12.2 Å². The monoisotopic (exact) mass is 399 g/mol. The molecule has 2 unspecified atom stereocenters. The SMILES string of the molecule is CCC(=O)Nc1cc(COC=O)ccc1O[C@@H]1OC(C(=O)O)[C@@H](O)[C@H](O)C1O. The number of carboxylic acids is 1. The summed E-state index contributed by atoms with van der Waals surface area (Å²) in [7, 11) is 0. The molecule has 0 bridgehead atoms. The fraction of sp³-hybridized carbons (Fsp3) is 0.471. The van der Waals surface area contributed by atoms with Crippen molar-refractivity contribution in [3.63, 3.8) is 0 Å². The van der Waals surface area contributed by atoms with Gasteiger partial charge in [0.15, 0.2) is 6.10 Å². The molecule has 1 amide bonds. The predicted octanol–water partition coefficient (Wildman–Crippen LogP) is -1.02. The lowest BCUT2D eigenvalue weighted by molar-refractivity contribution is -0.271. The van der Waals surface area contributed by atoms with Crippen molar-refractivity contribution in [1.29, 1.82) is 0 Å². The van der Waals surface area contributed by atoms with Crippen LogP contribution >= 0.6 is 0 Å². The lowest BCUT2D eigenvalue weighted by Crippen LogP contribution is -2.61. The van der Waals surface area contributed by atoms with Crippen molar-refractivity contribution in [2.24, 2.45) is 0 Å². The van der Waals surface area contributed by atoms with Gasteiger partial charge in [-0.2, -0.15) is 0 Å². The van der Waals surface area contributed by atoms with E-state index in [2.05, 4.69) is 10.1 Å². The number of aliphatic carboxylic acids is 1. The zero-order valence-corrected chi connectivity index (χ0v) is 14.8. The van der Waals surface area contributed by atoms with Crippen molar-refractivity contribution >= 4 is 24.0 Å². The largest absolute Gasteiger partial charge is 0.479 e. The molecule has 1 aliphatic rings. The van der Waals surface area contributed by atoms with Gasteiger partial charge >= 0.3 is 5.97 Å². The fourth-order valence-corrected chi connectivity index (χ4v) is 2.51. The second-order valence-electron chi connectivity index (χ2n) is 5.99. The zero-order chi connectivity index (χ0) is 20.8. The van der Waals surface area contributed by atoms with Crippen molar-refractivity contribution in [1.82, 2.24) is 0 Å². The molecular weight excluding hydrogens is 378 g/mol. The minimum Gasteiger partial charge on any atom is -0.479 e.